The van der Waals surface area contributed by atoms with Gasteiger partial charge in [0.25, 0.3) is 0 Å². The molecule has 0 aromatic carbocycles. The smallest absolute Gasteiger partial charge is 0.248 e. The number of pyridine rings is 1. The van der Waals surface area contributed by atoms with Gasteiger partial charge in [-0.15, -0.1) is 0 Å². The van der Waals surface area contributed by atoms with Gasteiger partial charge in [-0.25, -0.2) is 8.78 Å². The molecule has 0 N–H and O–H groups in total. The van der Waals surface area contributed by atoms with Crippen LogP contribution >= 0.6 is 0 Å². The molecule has 1 aliphatic heterocycles. The molecule has 1 aromatic rings. The topological polar surface area (TPSA) is 42.4 Å². The van der Waals surface area contributed by atoms with Crippen LogP contribution in [0.4, 0.5) is 8.78 Å². The number of halogens is 2. The molecule has 2 fully saturated rings. The van der Waals surface area contributed by atoms with Crippen molar-refractivity contribution in [2.75, 3.05) is 19.7 Å². The van der Waals surface area contributed by atoms with Crippen LogP contribution in [0.5, 0.6) is 5.75 Å². The fourth-order valence-electron chi connectivity index (χ4n) is 3.69. The highest BCUT2D eigenvalue weighted by atomic mass is 19.3. The molecule has 6 heteroatoms. The quantitative estimate of drug-likeness (QED) is 0.827. The van der Waals surface area contributed by atoms with Crippen LogP contribution in [0.3, 0.4) is 0 Å². The van der Waals surface area contributed by atoms with Gasteiger partial charge in [0.15, 0.2) is 0 Å². The number of aryl methyl sites for hydroxylation is 1. The number of rotatable bonds is 4. The number of aromatic nitrogens is 1. The molecule has 1 saturated carbocycles. The number of hydrogen-bond acceptors (Lipinski definition) is 3. The summed E-state index contributed by atoms with van der Waals surface area (Å²) in [5.41, 5.74) is 0.927. The number of nitrogens with zero attached hydrogens (tertiary/aromatic N) is 2. The number of amides is 1. The van der Waals surface area contributed by atoms with E-state index in [1.165, 1.54) is 0 Å². The maximum absolute atomic E-state index is 13.2. The third-order valence-corrected chi connectivity index (χ3v) is 5.35. The Kier molecular flexibility index (Phi) is 5.54. The predicted octanol–water partition coefficient (Wildman–Crippen LogP) is 3.83. The molecular weight excluding hydrogens is 326 g/mol. The van der Waals surface area contributed by atoms with E-state index in [0.29, 0.717) is 38.5 Å². The molecule has 3 rings (SSSR count). The summed E-state index contributed by atoms with van der Waals surface area (Å²) in [6.07, 6.45) is 3.86. The molecule has 2 aliphatic rings. The standard InChI is InChI=1S/C19H26F2N2O2/c1-14-12-17(4-9-22-14)25-13-15-5-10-23(11-6-15)18(24)16-2-7-19(20,21)8-3-16/h4,9,12,15-16H,2-3,5-8,10-11,13H2,1H3. The first-order valence-electron chi connectivity index (χ1n) is 9.15. The molecule has 0 spiro atoms. The van der Waals surface area contributed by atoms with E-state index in [1.807, 2.05) is 24.0 Å². The summed E-state index contributed by atoms with van der Waals surface area (Å²) < 4.78 is 32.3. The fraction of sp³-hybridized carbons (Fsp3) is 0.684. The van der Waals surface area contributed by atoms with Crippen LogP contribution < -0.4 is 4.74 Å². The Morgan fingerprint density at radius 2 is 1.96 bits per heavy atom. The van der Waals surface area contributed by atoms with Crippen molar-refractivity contribution >= 4 is 5.91 Å². The predicted molar refractivity (Wildman–Crippen MR) is 90.7 cm³/mol. The highest BCUT2D eigenvalue weighted by Crippen LogP contribution is 2.37. The van der Waals surface area contributed by atoms with Crippen LogP contribution in [0.1, 0.15) is 44.2 Å². The van der Waals surface area contributed by atoms with Crippen molar-refractivity contribution in [2.45, 2.75) is 51.4 Å². The molecule has 25 heavy (non-hydrogen) atoms. The second-order valence-electron chi connectivity index (χ2n) is 7.34. The molecule has 4 nitrogen and oxygen atoms in total. The summed E-state index contributed by atoms with van der Waals surface area (Å²) in [7, 11) is 0. The molecule has 0 bridgehead atoms. The van der Waals surface area contributed by atoms with Gasteiger partial charge >= 0.3 is 0 Å². The lowest BCUT2D eigenvalue weighted by Crippen LogP contribution is -2.44. The van der Waals surface area contributed by atoms with E-state index < -0.39 is 5.92 Å². The molecule has 0 atom stereocenters. The number of hydrogen-bond donors (Lipinski definition) is 0. The summed E-state index contributed by atoms with van der Waals surface area (Å²) in [6, 6.07) is 3.77. The van der Waals surface area contributed by atoms with E-state index in [2.05, 4.69) is 4.98 Å². The van der Waals surface area contributed by atoms with Gasteiger partial charge < -0.3 is 9.64 Å². The van der Waals surface area contributed by atoms with Crippen molar-refractivity contribution in [2.24, 2.45) is 11.8 Å². The van der Waals surface area contributed by atoms with E-state index in [0.717, 1.165) is 24.3 Å². The summed E-state index contributed by atoms with van der Waals surface area (Å²) in [5, 5.41) is 0. The van der Waals surface area contributed by atoms with Gasteiger partial charge in [-0.1, -0.05) is 0 Å². The monoisotopic (exact) mass is 352 g/mol. The van der Waals surface area contributed by atoms with Gasteiger partial charge in [-0.05, 0) is 44.6 Å². The zero-order chi connectivity index (χ0) is 17.9. The van der Waals surface area contributed by atoms with Gasteiger partial charge in [0.2, 0.25) is 11.8 Å². The van der Waals surface area contributed by atoms with Crippen molar-refractivity contribution in [3.05, 3.63) is 24.0 Å². The maximum atomic E-state index is 13.2. The van der Waals surface area contributed by atoms with Crippen LogP contribution in [-0.4, -0.2) is 41.4 Å². The number of ether oxygens (including phenoxy) is 1. The Morgan fingerprint density at radius 3 is 2.60 bits per heavy atom. The number of likely N-dealkylation sites (tertiary alicyclic amines) is 1. The first-order chi connectivity index (χ1) is 11.9. The lowest BCUT2D eigenvalue weighted by molar-refractivity contribution is -0.141. The van der Waals surface area contributed by atoms with Gasteiger partial charge in [0.1, 0.15) is 5.75 Å². The largest absolute Gasteiger partial charge is 0.493 e. The first-order valence-corrected chi connectivity index (χ1v) is 9.15. The highest BCUT2D eigenvalue weighted by molar-refractivity contribution is 5.79. The minimum absolute atomic E-state index is 0.0691. The van der Waals surface area contributed by atoms with E-state index >= 15 is 0 Å². The minimum atomic E-state index is -2.58. The number of carbonyl (C=O) groups excluding carboxylic acids is 1. The van der Waals surface area contributed by atoms with Crippen molar-refractivity contribution in [1.29, 1.82) is 0 Å². The molecular formula is C19H26F2N2O2. The Morgan fingerprint density at radius 1 is 1.28 bits per heavy atom. The maximum Gasteiger partial charge on any atom is 0.248 e. The van der Waals surface area contributed by atoms with Crippen molar-refractivity contribution < 1.29 is 18.3 Å². The number of piperidine rings is 1. The molecule has 2 heterocycles. The van der Waals surface area contributed by atoms with E-state index in [-0.39, 0.29) is 24.7 Å². The van der Waals surface area contributed by atoms with Gasteiger partial charge in [-0.3, -0.25) is 9.78 Å². The molecule has 138 valence electrons. The molecule has 1 saturated heterocycles. The lowest BCUT2D eigenvalue weighted by Gasteiger charge is -2.36. The average molecular weight is 352 g/mol. The van der Waals surface area contributed by atoms with Crippen molar-refractivity contribution in [1.82, 2.24) is 9.88 Å². The third kappa shape index (κ3) is 4.89. The van der Waals surface area contributed by atoms with Crippen LogP contribution in [-0.2, 0) is 4.79 Å². The van der Waals surface area contributed by atoms with Gasteiger partial charge in [0.05, 0.1) is 6.61 Å². The Bertz CT molecular complexity index is 591. The normalized spacial score (nSPS) is 22.0. The van der Waals surface area contributed by atoms with Crippen LogP contribution in [0, 0.1) is 18.8 Å². The minimum Gasteiger partial charge on any atom is -0.493 e. The SMILES string of the molecule is Cc1cc(OCC2CCN(C(=O)C3CCC(F)(F)CC3)CC2)ccn1. The van der Waals surface area contributed by atoms with Crippen LogP contribution in [0.25, 0.3) is 0 Å². The Balaban J connectivity index is 1.42. The number of carbonyl (C=O) groups is 1. The third-order valence-electron chi connectivity index (χ3n) is 5.35. The van der Waals surface area contributed by atoms with Gasteiger partial charge in [-0.2, -0.15) is 0 Å². The van der Waals surface area contributed by atoms with Crippen LogP contribution in [0.15, 0.2) is 18.3 Å². The summed E-state index contributed by atoms with van der Waals surface area (Å²) in [6.45, 7) is 3.98. The summed E-state index contributed by atoms with van der Waals surface area (Å²) >= 11 is 0. The highest BCUT2D eigenvalue weighted by Gasteiger charge is 2.39. The van der Waals surface area contributed by atoms with E-state index in [9.17, 15) is 13.6 Å². The fourth-order valence-corrected chi connectivity index (χ4v) is 3.69. The summed E-state index contributed by atoms with van der Waals surface area (Å²) in [5.74, 6) is -1.47. The number of alkyl halides is 2. The van der Waals surface area contributed by atoms with E-state index in [1.54, 1.807) is 6.20 Å². The second kappa shape index (κ2) is 7.67. The molecule has 1 aliphatic carbocycles. The molecule has 0 unspecified atom stereocenters. The van der Waals surface area contributed by atoms with Gasteiger partial charge in [0, 0.05) is 49.8 Å². The zero-order valence-electron chi connectivity index (χ0n) is 14.7. The van der Waals surface area contributed by atoms with E-state index in [4.69, 9.17) is 4.74 Å². The molecule has 1 amide bonds. The Hall–Kier alpha value is -1.72. The van der Waals surface area contributed by atoms with Crippen molar-refractivity contribution in [3.63, 3.8) is 0 Å². The Labute approximate surface area is 147 Å². The second-order valence-corrected chi connectivity index (χ2v) is 7.34. The first kappa shape index (κ1) is 18.1. The molecule has 1 aromatic heterocycles. The summed E-state index contributed by atoms with van der Waals surface area (Å²) in [4.78, 5) is 18.5. The van der Waals surface area contributed by atoms with Crippen LogP contribution in [0.2, 0.25) is 0 Å². The lowest BCUT2D eigenvalue weighted by atomic mass is 9.85. The zero-order valence-corrected chi connectivity index (χ0v) is 14.7. The van der Waals surface area contributed by atoms with Crippen molar-refractivity contribution in [3.8, 4) is 5.75 Å². The average Bonchev–Trinajstić information content (AvgIpc) is 2.60. The molecule has 0 radical (unpaired) electrons.